The van der Waals surface area contributed by atoms with Crippen molar-refractivity contribution in [3.05, 3.63) is 35.9 Å². The average molecular weight is 291 g/mol. The van der Waals surface area contributed by atoms with E-state index in [0.29, 0.717) is 26.2 Å². The monoisotopic (exact) mass is 291 g/mol. The molecule has 2 rings (SSSR count). The first-order valence-electron chi connectivity index (χ1n) is 7.39. The van der Waals surface area contributed by atoms with E-state index >= 15 is 0 Å². The summed E-state index contributed by atoms with van der Waals surface area (Å²) < 4.78 is 5.87. The van der Waals surface area contributed by atoms with Gasteiger partial charge >= 0.3 is 0 Å². The van der Waals surface area contributed by atoms with Crippen LogP contribution in [0, 0.1) is 0 Å². The number of ether oxygens (including phenoxy) is 1. The Morgan fingerprint density at radius 2 is 2.14 bits per heavy atom. The van der Waals surface area contributed by atoms with Gasteiger partial charge in [0.15, 0.2) is 0 Å². The van der Waals surface area contributed by atoms with Crippen molar-refractivity contribution in [1.82, 2.24) is 10.2 Å². The van der Waals surface area contributed by atoms with Crippen LogP contribution in [0.5, 0.6) is 0 Å². The van der Waals surface area contributed by atoms with Crippen molar-refractivity contribution in [2.24, 2.45) is 5.73 Å². The molecule has 1 amide bonds. The molecule has 0 spiro atoms. The van der Waals surface area contributed by atoms with Crippen LogP contribution < -0.4 is 11.1 Å². The van der Waals surface area contributed by atoms with Crippen LogP contribution in [0.25, 0.3) is 0 Å². The van der Waals surface area contributed by atoms with Crippen molar-refractivity contribution < 1.29 is 9.53 Å². The van der Waals surface area contributed by atoms with Gasteiger partial charge in [-0.1, -0.05) is 30.3 Å². The second-order valence-electron chi connectivity index (χ2n) is 6.17. The van der Waals surface area contributed by atoms with E-state index in [1.807, 2.05) is 44.2 Å². The summed E-state index contributed by atoms with van der Waals surface area (Å²) in [6, 6.07) is 9.91. The Hall–Kier alpha value is -1.43. The summed E-state index contributed by atoms with van der Waals surface area (Å²) in [4.78, 5) is 14.2. The number of hydrogen-bond donors (Lipinski definition) is 2. The number of hydrogen-bond acceptors (Lipinski definition) is 4. The molecule has 1 aromatic rings. The normalized spacial score (nSPS) is 22.0. The number of nitrogens with two attached hydrogens (primary N) is 1. The Morgan fingerprint density at radius 1 is 1.43 bits per heavy atom. The summed E-state index contributed by atoms with van der Waals surface area (Å²) in [5, 5.41) is 2.95. The van der Waals surface area contributed by atoms with Crippen LogP contribution in [0.4, 0.5) is 0 Å². The lowest BCUT2D eigenvalue weighted by Gasteiger charge is -2.42. The number of amides is 1. The lowest BCUT2D eigenvalue weighted by molar-refractivity contribution is -0.141. The van der Waals surface area contributed by atoms with Crippen molar-refractivity contribution in [1.29, 1.82) is 0 Å². The molecule has 1 fully saturated rings. The Balaban J connectivity index is 1.81. The van der Waals surface area contributed by atoms with Crippen molar-refractivity contribution >= 4 is 5.91 Å². The highest BCUT2D eigenvalue weighted by molar-refractivity contribution is 5.78. The highest BCUT2D eigenvalue weighted by Crippen LogP contribution is 2.20. The number of morpholine rings is 1. The molecule has 0 bridgehead atoms. The summed E-state index contributed by atoms with van der Waals surface area (Å²) in [6.45, 7) is 6.93. The van der Waals surface area contributed by atoms with Gasteiger partial charge in [-0.25, -0.2) is 0 Å². The molecule has 21 heavy (non-hydrogen) atoms. The van der Waals surface area contributed by atoms with E-state index in [-0.39, 0.29) is 17.6 Å². The molecule has 1 saturated heterocycles. The molecule has 1 unspecified atom stereocenters. The molecule has 116 valence electrons. The van der Waals surface area contributed by atoms with Crippen LogP contribution in [-0.4, -0.2) is 48.7 Å². The van der Waals surface area contributed by atoms with E-state index in [4.69, 9.17) is 10.5 Å². The maximum Gasteiger partial charge on any atom is 0.234 e. The molecular formula is C16H25N3O2. The molecule has 5 nitrogen and oxygen atoms in total. The second-order valence-corrected chi connectivity index (χ2v) is 6.17. The van der Waals surface area contributed by atoms with Gasteiger partial charge in [-0.15, -0.1) is 0 Å². The smallest absolute Gasteiger partial charge is 0.234 e. The third-order valence-corrected chi connectivity index (χ3v) is 3.51. The predicted molar refractivity (Wildman–Crippen MR) is 82.7 cm³/mol. The van der Waals surface area contributed by atoms with Crippen LogP contribution in [0.1, 0.15) is 19.4 Å². The fourth-order valence-electron chi connectivity index (χ4n) is 2.72. The zero-order valence-electron chi connectivity index (χ0n) is 12.8. The summed E-state index contributed by atoms with van der Waals surface area (Å²) in [5.41, 5.74) is 6.54. The zero-order chi connectivity index (χ0) is 15.3. The van der Waals surface area contributed by atoms with Gasteiger partial charge in [0.2, 0.25) is 5.91 Å². The Bertz CT molecular complexity index is 462. The summed E-state index contributed by atoms with van der Waals surface area (Å²) in [7, 11) is 0. The van der Waals surface area contributed by atoms with E-state index in [1.54, 1.807) is 0 Å². The van der Waals surface area contributed by atoms with Gasteiger partial charge in [0.25, 0.3) is 0 Å². The largest absolute Gasteiger partial charge is 0.368 e. The van der Waals surface area contributed by atoms with Crippen molar-refractivity contribution in [2.75, 3.05) is 26.2 Å². The summed E-state index contributed by atoms with van der Waals surface area (Å²) >= 11 is 0. The molecular weight excluding hydrogens is 266 g/mol. The second kappa shape index (κ2) is 7.02. The summed E-state index contributed by atoms with van der Waals surface area (Å²) in [5.74, 6) is 0.0346. The SMILES string of the molecule is CC1(C)CN(CC(=O)NCc2ccccc2)CC(CN)O1. The molecule has 0 saturated carbocycles. The lowest BCUT2D eigenvalue weighted by Crippen LogP contribution is -2.56. The van der Waals surface area contributed by atoms with Gasteiger partial charge in [-0.3, -0.25) is 9.69 Å². The number of carbonyl (C=O) groups is 1. The first-order valence-corrected chi connectivity index (χ1v) is 7.39. The van der Waals surface area contributed by atoms with Gasteiger partial charge in [-0.05, 0) is 19.4 Å². The first-order chi connectivity index (χ1) is 9.98. The summed E-state index contributed by atoms with van der Waals surface area (Å²) in [6.07, 6.45) is -0.00401. The van der Waals surface area contributed by atoms with Gasteiger partial charge < -0.3 is 15.8 Å². The number of carbonyl (C=O) groups excluding carboxylic acids is 1. The highest BCUT2D eigenvalue weighted by atomic mass is 16.5. The van der Waals surface area contributed by atoms with Gasteiger partial charge in [-0.2, -0.15) is 0 Å². The van der Waals surface area contributed by atoms with Crippen LogP contribution in [0.2, 0.25) is 0 Å². The minimum atomic E-state index is -0.262. The third kappa shape index (κ3) is 5.12. The predicted octanol–water partition coefficient (Wildman–Crippen LogP) is 0.741. The molecule has 1 atom stereocenters. The molecule has 0 aromatic heterocycles. The first kappa shape index (κ1) is 15.9. The molecule has 1 heterocycles. The number of nitrogens with zero attached hydrogens (tertiary/aromatic N) is 1. The van der Waals surface area contributed by atoms with Crippen molar-refractivity contribution in [2.45, 2.75) is 32.1 Å². The molecule has 1 aliphatic heterocycles. The van der Waals surface area contributed by atoms with Crippen LogP contribution in [-0.2, 0) is 16.1 Å². The highest BCUT2D eigenvalue weighted by Gasteiger charge is 2.33. The number of nitrogens with one attached hydrogen (secondary N) is 1. The van der Waals surface area contributed by atoms with Crippen molar-refractivity contribution in [3.63, 3.8) is 0 Å². The molecule has 1 aromatic carbocycles. The molecule has 0 aliphatic carbocycles. The van der Waals surface area contributed by atoms with Crippen molar-refractivity contribution in [3.8, 4) is 0 Å². The molecule has 0 radical (unpaired) electrons. The maximum atomic E-state index is 12.1. The van der Waals surface area contributed by atoms with E-state index in [1.165, 1.54) is 0 Å². The minimum absolute atomic E-state index is 0.00401. The topological polar surface area (TPSA) is 67.6 Å². The van der Waals surface area contributed by atoms with Gasteiger partial charge in [0.1, 0.15) is 0 Å². The van der Waals surface area contributed by atoms with E-state index < -0.39 is 0 Å². The number of benzene rings is 1. The Morgan fingerprint density at radius 3 is 2.81 bits per heavy atom. The Kier molecular flexibility index (Phi) is 5.33. The standard InChI is InChI=1S/C16H25N3O2/c1-16(2)12-19(10-14(8-17)21-16)11-15(20)18-9-13-6-4-3-5-7-13/h3-7,14H,8-12,17H2,1-2H3,(H,18,20). The van der Waals surface area contributed by atoms with Gasteiger partial charge in [0.05, 0.1) is 18.2 Å². The van der Waals surface area contributed by atoms with Crippen LogP contribution >= 0.6 is 0 Å². The Labute approximate surface area is 126 Å². The van der Waals surface area contributed by atoms with E-state index in [2.05, 4.69) is 10.2 Å². The fraction of sp³-hybridized carbons (Fsp3) is 0.562. The number of rotatable bonds is 5. The minimum Gasteiger partial charge on any atom is -0.368 e. The lowest BCUT2D eigenvalue weighted by atomic mass is 10.1. The zero-order valence-corrected chi connectivity index (χ0v) is 12.8. The third-order valence-electron chi connectivity index (χ3n) is 3.51. The van der Waals surface area contributed by atoms with Crippen LogP contribution in [0.15, 0.2) is 30.3 Å². The maximum absolute atomic E-state index is 12.1. The van der Waals surface area contributed by atoms with E-state index in [9.17, 15) is 4.79 Å². The molecule has 1 aliphatic rings. The molecule has 5 heteroatoms. The van der Waals surface area contributed by atoms with Gasteiger partial charge in [0, 0.05) is 26.2 Å². The van der Waals surface area contributed by atoms with Crippen LogP contribution in [0.3, 0.4) is 0 Å². The fourth-order valence-corrected chi connectivity index (χ4v) is 2.72. The van der Waals surface area contributed by atoms with E-state index in [0.717, 1.165) is 12.1 Å². The quantitative estimate of drug-likeness (QED) is 0.840. The molecule has 3 N–H and O–H groups in total. The average Bonchev–Trinajstić information content (AvgIpc) is 2.44.